The van der Waals surface area contributed by atoms with Crippen molar-refractivity contribution in [1.29, 1.82) is 0 Å². The van der Waals surface area contributed by atoms with E-state index in [4.69, 9.17) is 0 Å². The summed E-state index contributed by atoms with van der Waals surface area (Å²) in [6.07, 6.45) is 0. The van der Waals surface area contributed by atoms with E-state index >= 15 is 0 Å². The van der Waals surface area contributed by atoms with Gasteiger partial charge in [0.25, 0.3) is 0 Å². The maximum atomic E-state index is 4.54. The third-order valence-electron chi connectivity index (χ3n) is 3.19. The normalized spacial score (nSPS) is 11.6. The second-order valence-corrected chi connectivity index (χ2v) is 6.99. The fourth-order valence-electron chi connectivity index (χ4n) is 2.15. The van der Waals surface area contributed by atoms with E-state index in [0.717, 1.165) is 17.2 Å². The topological polar surface area (TPSA) is 49.8 Å². The number of hydrogen-bond acceptors (Lipinski definition) is 4. The smallest absolute Gasteiger partial charge is 0.229 e. The van der Waals surface area contributed by atoms with Crippen LogP contribution in [0.5, 0.6) is 0 Å². The molecule has 0 saturated heterocycles. The quantitative estimate of drug-likeness (QED) is 0.846. The van der Waals surface area contributed by atoms with E-state index in [1.54, 1.807) is 0 Å². The van der Waals surface area contributed by atoms with Crippen LogP contribution in [0.1, 0.15) is 51.8 Å². The van der Waals surface area contributed by atoms with Crippen LogP contribution in [0.2, 0.25) is 0 Å². The molecule has 0 atom stereocenters. The van der Waals surface area contributed by atoms with Gasteiger partial charge in [0, 0.05) is 23.0 Å². The van der Waals surface area contributed by atoms with Crippen molar-refractivity contribution in [3.63, 3.8) is 0 Å². The van der Waals surface area contributed by atoms with Crippen molar-refractivity contribution < 1.29 is 0 Å². The van der Waals surface area contributed by atoms with Crippen LogP contribution in [0.3, 0.4) is 0 Å². The van der Waals surface area contributed by atoms with Gasteiger partial charge in [-0.25, -0.2) is 4.98 Å². The van der Waals surface area contributed by atoms with Gasteiger partial charge >= 0.3 is 0 Å². The van der Waals surface area contributed by atoms with Gasteiger partial charge in [0.1, 0.15) is 5.82 Å². The summed E-state index contributed by atoms with van der Waals surface area (Å²) in [5.41, 5.74) is 3.22. The van der Waals surface area contributed by atoms with Crippen molar-refractivity contribution in [2.75, 3.05) is 10.6 Å². The maximum Gasteiger partial charge on any atom is 0.229 e. The van der Waals surface area contributed by atoms with Crippen LogP contribution in [0.25, 0.3) is 0 Å². The molecule has 1 heterocycles. The van der Waals surface area contributed by atoms with Crippen molar-refractivity contribution in [2.45, 2.75) is 53.0 Å². The number of nitrogens with zero attached hydrogens (tertiary/aromatic N) is 2. The van der Waals surface area contributed by atoms with Gasteiger partial charge < -0.3 is 10.6 Å². The molecular formula is C18H26N4. The molecule has 22 heavy (non-hydrogen) atoms. The molecule has 0 amide bonds. The average molecular weight is 298 g/mol. The highest BCUT2D eigenvalue weighted by atomic mass is 15.2. The third-order valence-corrected chi connectivity index (χ3v) is 3.19. The van der Waals surface area contributed by atoms with Gasteiger partial charge in [0.05, 0.1) is 0 Å². The van der Waals surface area contributed by atoms with Crippen LogP contribution in [-0.2, 0) is 0 Å². The van der Waals surface area contributed by atoms with Crippen LogP contribution < -0.4 is 10.6 Å². The summed E-state index contributed by atoms with van der Waals surface area (Å²) in [6.45, 7) is 12.7. The van der Waals surface area contributed by atoms with Gasteiger partial charge in [-0.2, -0.15) is 4.98 Å². The van der Waals surface area contributed by atoms with Gasteiger partial charge in [0.15, 0.2) is 0 Å². The fraction of sp³-hybridized carbons (Fsp3) is 0.444. The Balaban J connectivity index is 2.18. The predicted octanol–water partition coefficient (Wildman–Crippen LogP) is 4.86. The summed E-state index contributed by atoms with van der Waals surface area (Å²) in [6, 6.07) is 10.4. The van der Waals surface area contributed by atoms with Crippen LogP contribution in [0, 0.1) is 6.92 Å². The summed E-state index contributed by atoms with van der Waals surface area (Å²) in [5, 5.41) is 6.66. The highest BCUT2D eigenvalue weighted by molar-refractivity contribution is 5.56. The molecule has 4 heteroatoms. The summed E-state index contributed by atoms with van der Waals surface area (Å²) in [7, 11) is 0. The maximum absolute atomic E-state index is 4.54. The first-order chi connectivity index (χ1) is 10.2. The van der Waals surface area contributed by atoms with Crippen molar-refractivity contribution in [3.05, 3.63) is 41.6 Å². The molecule has 0 spiro atoms. The highest BCUT2D eigenvalue weighted by Crippen LogP contribution is 2.21. The lowest BCUT2D eigenvalue weighted by atomic mass is 10.0. The molecule has 0 aliphatic carbocycles. The highest BCUT2D eigenvalue weighted by Gasteiger charge is 2.11. The van der Waals surface area contributed by atoms with E-state index in [1.165, 1.54) is 5.56 Å². The Kier molecular flexibility index (Phi) is 4.69. The third kappa shape index (κ3) is 4.72. The van der Waals surface area contributed by atoms with Gasteiger partial charge in [-0.05, 0) is 51.3 Å². The molecule has 0 aliphatic rings. The number of anilines is 3. The lowest BCUT2D eigenvalue weighted by molar-refractivity contribution is 0.630. The minimum atomic E-state index is -0.0308. The zero-order chi connectivity index (χ0) is 16.3. The molecule has 0 unspecified atom stereocenters. The Hall–Kier alpha value is -2.10. The SMILES string of the molecule is Cc1cc(NC(C)(C)C)nc(Nc2ccc(C(C)C)cc2)n1. The summed E-state index contributed by atoms with van der Waals surface area (Å²) >= 11 is 0. The molecular weight excluding hydrogens is 272 g/mol. The van der Waals surface area contributed by atoms with Gasteiger partial charge in [-0.1, -0.05) is 26.0 Å². The largest absolute Gasteiger partial charge is 0.365 e. The number of nitrogens with one attached hydrogen (secondary N) is 2. The Morgan fingerprint density at radius 3 is 2.18 bits per heavy atom. The zero-order valence-corrected chi connectivity index (χ0v) is 14.4. The second kappa shape index (κ2) is 6.34. The number of aryl methyl sites for hydroxylation is 1. The standard InChI is InChI=1S/C18H26N4/c1-12(2)14-7-9-15(10-8-14)20-17-19-13(3)11-16(21-17)22-18(4,5)6/h7-12H,1-6H3,(H2,19,20,21,22). The van der Waals surface area contributed by atoms with Gasteiger partial charge in [-0.15, -0.1) is 0 Å². The summed E-state index contributed by atoms with van der Waals surface area (Å²) < 4.78 is 0. The molecule has 2 N–H and O–H groups in total. The Morgan fingerprint density at radius 2 is 1.64 bits per heavy atom. The predicted molar refractivity (Wildman–Crippen MR) is 94.0 cm³/mol. The molecule has 1 aromatic carbocycles. The Morgan fingerprint density at radius 1 is 1.00 bits per heavy atom. The molecule has 0 aliphatic heterocycles. The fourth-order valence-corrected chi connectivity index (χ4v) is 2.15. The van der Waals surface area contributed by atoms with Crippen molar-refractivity contribution >= 4 is 17.5 Å². The molecule has 0 radical (unpaired) electrons. The van der Waals surface area contributed by atoms with Gasteiger partial charge in [0.2, 0.25) is 5.95 Å². The van der Waals surface area contributed by atoms with Crippen LogP contribution in [0.15, 0.2) is 30.3 Å². The number of benzene rings is 1. The Bertz CT molecular complexity index is 625. The number of hydrogen-bond donors (Lipinski definition) is 2. The molecule has 0 saturated carbocycles. The van der Waals surface area contributed by atoms with Crippen molar-refractivity contribution in [2.24, 2.45) is 0 Å². The first kappa shape index (κ1) is 16.3. The minimum Gasteiger partial charge on any atom is -0.365 e. The molecule has 4 nitrogen and oxygen atoms in total. The van der Waals surface area contributed by atoms with Crippen molar-refractivity contribution in [3.8, 4) is 0 Å². The zero-order valence-electron chi connectivity index (χ0n) is 14.4. The molecule has 1 aromatic heterocycles. The van der Waals surface area contributed by atoms with E-state index < -0.39 is 0 Å². The molecule has 2 aromatic rings. The van der Waals surface area contributed by atoms with E-state index in [-0.39, 0.29) is 5.54 Å². The van der Waals surface area contributed by atoms with Crippen LogP contribution >= 0.6 is 0 Å². The lowest BCUT2D eigenvalue weighted by Crippen LogP contribution is -2.27. The summed E-state index contributed by atoms with van der Waals surface area (Å²) in [4.78, 5) is 8.99. The molecule has 118 valence electrons. The average Bonchev–Trinajstić information content (AvgIpc) is 2.36. The second-order valence-electron chi connectivity index (χ2n) is 6.99. The lowest BCUT2D eigenvalue weighted by Gasteiger charge is -2.21. The van der Waals surface area contributed by atoms with Crippen LogP contribution in [-0.4, -0.2) is 15.5 Å². The summed E-state index contributed by atoms with van der Waals surface area (Å²) in [5.74, 6) is 1.98. The first-order valence-electron chi connectivity index (χ1n) is 7.74. The van der Waals surface area contributed by atoms with E-state index in [1.807, 2.05) is 13.0 Å². The van der Waals surface area contributed by atoms with E-state index in [0.29, 0.717) is 11.9 Å². The molecule has 2 rings (SSSR count). The monoisotopic (exact) mass is 298 g/mol. The van der Waals surface area contributed by atoms with Gasteiger partial charge in [-0.3, -0.25) is 0 Å². The van der Waals surface area contributed by atoms with Crippen molar-refractivity contribution in [1.82, 2.24) is 9.97 Å². The van der Waals surface area contributed by atoms with E-state index in [2.05, 4.69) is 79.5 Å². The molecule has 0 fully saturated rings. The molecule has 0 bridgehead atoms. The van der Waals surface area contributed by atoms with Crippen LogP contribution in [0.4, 0.5) is 17.5 Å². The number of rotatable bonds is 4. The minimum absolute atomic E-state index is 0.0308. The van der Waals surface area contributed by atoms with E-state index in [9.17, 15) is 0 Å². The number of aromatic nitrogens is 2. The Labute approximate surface area is 133 Å². The first-order valence-corrected chi connectivity index (χ1v) is 7.74.